The van der Waals surface area contributed by atoms with E-state index in [1.54, 1.807) is 0 Å². The number of esters is 1. The van der Waals surface area contributed by atoms with Crippen molar-refractivity contribution >= 4 is 25.1 Å². The fourth-order valence-electron chi connectivity index (χ4n) is 3.20. The summed E-state index contributed by atoms with van der Waals surface area (Å²) >= 11 is 0. The highest BCUT2D eigenvalue weighted by atomic mass is 28.4. The molecule has 0 fully saturated rings. The molecular weight excluding hydrogens is 328 g/mol. The predicted octanol–water partition coefficient (Wildman–Crippen LogP) is 5.63. The van der Waals surface area contributed by atoms with Crippen molar-refractivity contribution in [1.29, 1.82) is 0 Å². The molecule has 0 bridgehead atoms. The molecule has 0 saturated heterocycles. The topological polar surface area (TPSA) is 35.5 Å². The van der Waals surface area contributed by atoms with Crippen molar-refractivity contribution in [2.24, 2.45) is 0 Å². The summed E-state index contributed by atoms with van der Waals surface area (Å²) in [6.45, 7) is 10.5. The average Bonchev–Trinajstić information content (AvgIpc) is 2.68. The first-order valence-electron chi connectivity index (χ1n) is 8.93. The number of carbonyl (C=O) groups excluding carboxylic acids is 1. The van der Waals surface area contributed by atoms with Crippen LogP contribution in [0.4, 0.5) is 0 Å². The van der Waals surface area contributed by atoms with E-state index >= 15 is 0 Å². The number of fused-ring (bicyclic) bond motifs is 1. The Morgan fingerprint density at radius 1 is 1.04 bits per heavy atom. The number of carbonyl (C=O) groups is 1. The Labute approximate surface area is 151 Å². The lowest BCUT2D eigenvalue weighted by molar-refractivity contribution is -0.137. The van der Waals surface area contributed by atoms with Crippen LogP contribution in [0.5, 0.6) is 0 Å². The summed E-state index contributed by atoms with van der Waals surface area (Å²) in [6.07, 6.45) is -0.455. The molecule has 0 aliphatic rings. The molecule has 1 atom stereocenters. The van der Waals surface area contributed by atoms with Gasteiger partial charge < -0.3 is 9.16 Å². The molecule has 134 valence electrons. The minimum Gasteiger partial charge on any atom is -0.466 e. The van der Waals surface area contributed by atoms with Crippen LogP contribution < -0.4 is 0 Å². The van der Waals surface area contributed by atoms with Gasteiger partial charge in [0, 0.05) is 0 Å². The minimum absolute atomic E-state index is 0.366. The highest BCUT2D eigenvalue weighted by molar-refractivity contribution is 6.73. The SMILES string of the molecule is C=C(C(=O)OC)C(O[Si](CC)(CC)CC)c1ccc2ccccc2c1. The van der Waals surface area contributed by atoms with Crippen LogP contribution in [-0.4, -0.2) is 21.4 Å². The van der Waals surface area contributed by atoms with Gasteiger partial charge in [0.2, 0.25) is 0 Å². The molecule has 0 heterocycles. The molecule has 2 aromatic rings. The number of methoxy groups -OCH3 is 1. The Morgan fingerprint density at radius 3 is 2.20 bits per heavy atom. The zero-order valence-corrected chi connectivity index (χ0v) is 16.7. The van der Waals surface area contributed by atoms with Crippen LogP contribution >= 0.6 is 0 Å². The lowest BCUT2D eigenvalue weighted by Crippen LogP contribution is -2.38. The zero-order valence-electron chi connectivity index (χ0n) is 15.7. The first kappa shape index (κ1) is 19.4. The number of rotatable bonds is 8. The summed E-state index contributed by atoms with van der Waals surface area (Å²) in [7, 11) is -0.537. The van der Waals surface area contributed by atoms with Crippen LogP contribution in [0.3, 0.4) is 0 Å². The Morgan fingerprint density at radius 2 is 1.64 bits per heavy atom. The second kappa shape index (κ2) is 8.45. The highest BCUT2D eigenvalue weighted by Crippen LogP contribution is 2.35. The molecule has 0 saturated carbocycles. The fourth-order valence-corrected chi connectivity index (χ4v) is 5.98. The quantitative estimate of drug-likeness (QED) is 0.349. The van der Waals surface area contributed by atoms with E-state index < -0.39 is 20.4 Å². The maximum absolute atomic E-state index is 12.2. The molecule has 0 aliphatic heterocycles. The van der Waals surface area contributed by atoms with Crippen molar-refractivity contribution in [3.8, 4) is 0 Å². The molecular formula is C21H28O3Si. The zero-order chi connectivity index (χ0) is 18.4. The Kier molecular flexibility index (Phi) is 6.56. The minimum atomic E-state index is -1.92. The van der Waals surface area contributed by atoms with Gasteiger partial charge in [-0.2, -0.15) is 0 Å². The second-order valence-electron chi connectivity index (χ2n) is 6.36. The number of hydrogen-bond donors (Lipinski definition) is 0. The van der Waals surface area contributed by atoms with E-state index in [0.29, 0.717) is 5.57 Å². The van der Waals surface area contributed by atoms with E-state index in [0.717, 1.165) is 29.1 Å². The van der Waals surface area contributed by atoms with E-state index in [4.69, 9.17) is 9.16 Å². The second-order valence-corrected chi connectivity index (χ2v) is 11.1. The van der Waals surface area contributed by atoms with E-state index in [2.05, 4.69) is 51.6 Å². The van der Waals surface area contributed by atoms with E-state index in [9.17, 15) is 4.79 Å². The van der Waals surface area contributed by atoms with Gasteiger partial charge in [-0.3, -0.25) is 0 Å². The lowest BCUT2D eigenvalue weighted by Gasteiger charge is -2.34. The largest absolute Gasteiger partial charge is 0.466 e. The molecule has 0 aromatic heterocycles. The molecule has 4 heteroatoms. The maximum Gasteiger partial charge on any atom is 0.336 e. The number of benzene rings is 2. The number of hydrogen-bond acceptors (Lipinski definition) is 3. The van der Waals surface area contributed by atoms with Gasteiger partial charge in [0.25, 0.3) is 0 Å². The van der Waals surface area contributed by atoms with E-state index in [1.165, 1.54) is 12.5 Å². The Balaban J connectivity index is 2.49. The van der Waals surface area contributed by atoms with Crippen LogP contribution in [0.25, 0.3) is 10.8 Å². The molecule has 0 N–H and O–H groups in total. The molecule has 0 amide bonds. The molecule has 3 nitrogen and oxygen atoms in total. The maximum atomic E-state index is 12.2. The van der Waals surface area contributed by atoms with E-state index in [-0.39, 0.29) is 0 Å². The molecule has 0 aliphatic carbocycles. The Hall–Kier alpha value is -1.91. The van der Waals surface area contributed by atoms with Gasteiger partial charge in [0.05, 0.1) is 12.7 Å². The lowest BCUT2D eigenvalue weighted by atomic mass is 9.99. The first-order chi connectivity index (χ1) is 12.0. The predicted molar refractivity (Wildman–Crippen MR) is 106 cm³/mol. The third-order valence-electron chi connectivity index (χ3n) is 5.14. The average molecular weight is 357 g/mol. The fraction of sp³-hybridized carbons (Fsp3) is 0.381. The van der Waals surface area contributed by atoms with Crippen molar-refractivity contribution in [3.63, 3.8) is 0 Å². The smallest absolute Gasteiger partial charge is 0.336 e. The standard InChI is InChI=1S/C21H28O3Si/c1-6-25(7-2,8-3)24-20(16(4)21(22)23-5)19-14-13-17-11-9-10-12-18(17)15-19/h9-15,20H,4,6-8H2,1-3,5H3. The summed E-state index contributed by atoms with van der Waals surface area (Å²) in [5.74, 6) is -0.413. The van der Waals surface area contributed by atoms with Gasteiger partial charge in [0.1, 0.15) is 6.10 Å². The van der Waals surface area contributed by atoms with Crippen LogP contribution in [0.15, 0.2) is 54.6 Å². The van der Waals surface area contributed by atoms with Crippen LogP contribution in [0.2, 0.25) is 18.1 Å². The van der Waals surface area contributed by atoms with Crippen molar-refractivity contribution in [3.05, 3.63) is 60.2 Å². The monoisotopic (exact) mass is 356 g/mol. The van der Waals surface area contributed by atoms with Gasteiger partial charge in [0.15, 0.2) is 8.32 Å². The third-order valence-corrected chi connectivity index (χ3v) is 9.74. The van der Waals surface area contributed by atoms with Crippen LogP contribution in [0, 0.1) is 0 Å². The molecule has 1 unspecified atom stereocenters. The van der Waals surface area contributed by atoms with Crippen molar-refractivity contribution in [2.75, 3.05) is 7.11 Å². The van der Waals surface area contributed by atoms with Gasteiger partial charge in [-0.25, -0.2) is 4.79 Å². The van der Waals surface area contributed by atoms with Gasteiger partial charge in [-0.15, -0.1) is 0 Å². The first-order valence-corrected chi connectivity index (χ1v) is 11.5. The summed E-state index contributed by atoms with van der Waals surface area (Å²) in [5.41, 5.74) is 1.33. The van der Waals surface area contributed by atoms with Crippen LogP contribution in [0.1, 0.15) is 32.4 Å². The van der Waals surface area contributed by atoms with Gasteiger partial charge in [-0.1, -0.05) is 63.7 Å². The van der Waals surface area contributed by atoms with E-state index in [1.807, 2.05) is 18.2 Å². The summed E-state index contributed by atoms with van der Waals surface area (Å²) in [5, 5.41) is 2.29. The van der Waals surface area contributed by atoms with Crippen molar-refractivity contribution in [2.45, 2.75) is 45.0 Å². The summed E-state index contributed by atoms with van der Waals surface area (Å²) < 4.78 is 11.6. The highest BCUT2D eigenvalue weighted by Gasteiger charge is 2.35. The molecule has 0 radical (unpaired) electrons. The molecule has 0 spiro atoms. The summed E-state index contributed by atoms with van der Waals surface area (Å²) in [6, 6.07) is 17.4. The van der Waals surface area contributed by atoms with Crippen molar-refractivity contribution < 1.29 is 14.0 Å². The molecule has 25 heavy (non-hydrogen) atoms. The van der Waals surface area contributed by atoms with Crippen LogP contribution in [-0.2, 0) is 14.0 Å². The molecule has 2 aromatic carbocycles. The van der Waals surface area contributed by atoms with Gasteiger partial charge in [-0.05, 0) is 40.5 Å². The normalized spacial score (nSPS) is 12.8. The number of ether oxygens (including phenoxy) is 1. The Bertz CT molecular complexity index is 741. The van der Waals surface area contributed by atoms with Gasteiger partial charge >= 0.3 is 5.97 Å². The third kappa shape index (κ3) is 4.20. The summed E-state index contributed by atoms with van der Waals surface area (Å²) in [4.78, 5) is 12.2. The van der Waals surface area contributed by atoms with Crippen molar-refractivity contribution in [1.82, 2.24) is 0 Å². The molecule has 2 rings (SSSR count).